The average Bonchev–Trinajstić information content (AvgIpc) is 2.55. The molecule has 1 N–H and O–H groups in total. The number of hydrogen-bond donors (Lipinski definition) is 1. The Hall–Kier alpha value is -1.57. The first-order chi connectivity index (χ1) is 8.84. The molecule has 0 aromatic heterocycles. The molecule has 0 aromatic rings. The minimum absolute atomic E-state index is 0.0391. The zero-order valence-electron chi connectivity index (χ0n) is 10.2. The Kier molecular flexibility index (Phi) is 3.29. The van der Waals surface area contributed by atoms with Gasteiger partial charge in [0.15, 0.2) is 9.84 Å². The van der Waals surface area contributed by atoms with E-state index in [0.717, 1.165) is 0 Å². The monoisotopic (exact) mass is 289 g/mol. The number of carbonyl (C=O) groups excluding carboxylic acids is 1. The van der Waals surface area contributed by atoms with Gasteiger partial charge in [-0.05, 0) is 6.42 Å². The number of rotatable bonds is 3. The Morgan fingerprint density at radius 1 is 1.47 bits per heavy atom. The Balaban J connectivity index is 2.11. The molecule has 19 heavy (non-hydrogen) atoms. The lowest BCUT2D eigenvalue weighted by Crippen LogP contribution is -2.69. The number of ether oxygens (including phenoxy) is 1. The van der Waals surface area contributed by atoms with Crippen LogP contribution in [0.25, 0.3) is 0 Å². The quantitative estimate of drug-likeness (QED) is 0.727. The van der Waals surface area contributed by atoms with Crippen molar-refractivity contribution in [2.75, 3.05) is 25.4 Å². The number of carboxylic acid groups (broad SMARTS) is 1. The number of likely N-dealkylation sites (tertiary alicyclic amines) is 1. The standard InChI is InChI=1S/C11H15NO6S/c1-2-4-18-10(15)12-6-11(7-12)8(9(13)14)3-5-19(11,16)17/h2,8H,1,3-7H2,(H,13,14). The maximum atomic E-state index is 12.0. The number of nitrogens with zero attached hydrogens (tertiary/aromatic N) is 1. The number of aliphatic carboxylic acids is 1. The maximum absolute atomic E-state index is 12.0. The minimum Gasteiger partial charge on any atom is -0.481 e. The van der Waals surface area contributed by atoms with E-state index in [4.69, 9.17) is 9.84 Å². The van der Waals surface area contributed by atoms with Crippen LogP contribution in [0.4, 0.5) is 4.79 Å². The molecule has 2 heterocycles. The van der Waals surface area contributed by atoms with Crippen molar-refractivity contribution in [1.82, 2.24) is 4.90 Å². The van der Waals surface area contributed by atoms with Crippen molar-refractivity contribution in [3.8, 4) is 0 Å². The molecule has 1 atom stereocenters. The first kappa shape index (κ1) is 13.9. The highest BCUT2D eigenvalue weighted by molar-refractivity contribution is 7.93. The molecule has 0 saturated carbocycles. The van der Waals surface area contributed by atoms with Crippen LogP contribution in [0.5, 0.6) is 0 Å². The van der Waals surface area contributed by atoms with Crippen molar-refractivity contribution < 1.29 is 27.9 Å². The fourth-order valence-electron chi connectivity index (χ4n) is 2.67. The molecule has 8 heteroatoms. The highest BCUT2D eigenvalue weighted by Gasteiger charge is 2.65. The van der Waals surface area contributed by atoms with Gasteiger partial charge in [-0.15, -0.1) is 0 Å². The van der Waals surface area contributed by atoms with E-state index < -0.39 is 32.6 Å². The largest absolute Gasteiger partial charge is 0.481 e. The van der Waals surface area contributed by atoms with E-state index in [9.17, 15) is 18.0 Å². The SMILES string of the molecule is C=CCOC(=O)N1CC2(C1)C(C(=O)O)CCS2(=O)=O. The van der Waals surface area contributed by atoms with Crippen LogP contribution in [0.3, 0.4) is 0 Å². The average molecular weight is 289 g/mol. The zero-order valence-corrected chi connectivity index (χ0v) is 11.1. The summed E-state index contributed by atoms with van der Waals surface area (Å²) in [6.45, 7) is 3.22. The van der Waals surface area contributed by atoms with Crippen molar-refractivity contribution >= 4 is 21.9 Å². The van der Waals surface area contributed by atoms with E-state index in [-0.39, 0.29) is 31.9 Å². The predicted molar refractivity (Wildman–Crippen MR) is 65.4 cm³/mol. The van der Waals surface area contributed by atoms with E-state index in [1.54, 1.807) is 0 Å². The number of carbonyl (C=O) groups is 2. The molecule has 2 rings (SSSR count). The third-order valence-corrected chi connectivity index (χ3v) is 6.28. The Morgan fingerprint density at radius 2 is 2.11 bits per heavy atom. The second kappa shape index (κ2) is 4.52. The van der Waals surface area contributed by atoms with Gasteiger partial charge in [0.05, 0.1) is 11.7 Å². The predicted octanol–water partition coefficient (Wildman–Crippen LogP) is -0.117. The third-order valence-electron chi connectivity index (χ3n) is 3.73. The van der Waals surface area contributed by atoms with Crippen molar-refractivity contribution in [2.45, 2.75) is 11.2 Å². The van der Waals surface area contributed by atoms with Crippen LogP contribution in [0.1, 0.15) is 6.42 Å². The second-order valence-electron chi connectivity index (χ2n) is 4.78. The topological polar surface area (TPSA) is 101 Å². The fourth-order valence-corrected chi connectivity index (χ4v) is 4.98. The van der Waals surface area contributed by atoms with Crippen LogP contribution in [0.2, 0.25) is 0 Å². The van der Waals surface area contributed by atoms with Gasteiger partial charge in [0.25, 0.3) is 0 Å². The molecular weight excluding hydrogens is 274 g/mol. The second-order valence-corrected chi connectivity index (χ2v) is 7.24. The number of carboxylic acids is 1. The third kappa shape index (κ3) is 1.99. The molecule has 2 aliphatic rings. The minimum atomic E-state index is -3.48. The summed E-state index contributed by atoms with van der Waals surface area (Å²) >= 11 is 0. The van der Waals surface area contributed by atoms with Crippen LogP contribution in [0.15, 0.2) is 12.7 Å². The molecule has 106 valence electrons. The summed E-state index contributed by atoms with van der Waals surface area (Å²) in [5.74, 6) is -2.21. The summed E-state index contributed by atoms with van der Waals surface area (Å²) < 4.78 is 27.5. The lowest BCUT2D eigenvalue weighted by atomic mass is 9.83. The molecule has 1 amide bonds. The highest BCUT2D eigenvalue weighted by atomic mass is 32.2. The van der Waals surface area contributed by atoms with Crippen LogP contribution < -0.4 is 0 Å². The van der Waals surface area contributed by atoms with Gasteiger partial charge in [-0.1, -0.05) is 12.7 Å². The molecular formula is C11H15NO6S. The zero-order chi connectivity index (χ0) is 14.3. The summed E-state index contributed by atoms with van der Waals surface area (Å²) in [4.78, 5) is 23.9. The van der Waals surface area contributed by atoms with Crippen molar-refractivity contribution in [1.29, 1.82) is 0 Å². The molecule has 1 unspecified atom stereocenters. The van der Waals surface area contributed by atoms with Gasteiger partial charge in [-0.25, -0.2) is 13.2 Å². The van der Waals surface area contributed by atoms with Gasteiger partial charge < -0.3 is 14.7 Å². The molecule has 2 aliphatic heterocycles. The van der Waals surface area contributed by atoms with Crippen molar-refractivity contribution in [3.63, 3.8) is 0 Å². The van der Waals surface area contributed by atoms with E-state index in [1.807, 2.05) is 0 Å². The summed E-state index contributed by atoms with van der Waals surface area (Å²) in [6.07, 6.45) is 0.865. The van der Waals surface area contributed by atoms with Crippen LogP contribution in [0, 0.1) is 5.92 Å². The summed E-state index contributed by atoms with van der Waals surface area (Å²) in [5, 5.41) is 9.10. The Morgan fingerprint density at radius 3 is 2.63 bits per heavy atom. The number of sulfone groups is 1. The van der Waals surface area contributed by atoms with E-state index in [0.29, 0.717) is 0 Å². The lowest BCUT2D eigenvalue weighted by molar-refractivity contribution is -0.144. The Bertz CT molecular complexity index is 519. The van der Waals surface area contributed by atoms with E-state index in [1.165, 1.54) is 11.0 Å². The smallest absolute Gasteiger partial charge is 0.410 e. The van der Waals surface area contributed by atoms with Crippen LogP contribution >= 0.6 is 0 Å². The molecule has 2 saturated heterocycles. The van der Waals surface area contributed by atoms with Crippen LogP contribution in [-0.4, -0.2) is 60.7 Å². The number of hydrogen-bond acceptors (Lipinski definition) is 5. The molecule has 1 spiro atoms. The van der Waals surface area contributed by atoms with Crippen molar-refractivity contribution in [2.24, 2.45) is 5.92 Å². The van der Waals surface area contributed by atoms with Gasteiger partial charge in [0.2, 0.25) is 0 Å². The highest BCUT2D eigenvalue weighted by Crippen LogP contribution is 2.44. The molecule has 0 aromatic carbocycles. The van der Waals surface area contributed by atoms with Crippen molar-refractivity contribution in [3.05, 3.63) is 12.7 Å². The summed E-state index contributed by atoms with van der Waals surface area (Å²) in [6, 6.07) is 0. The number of amides is 1. The van der Waals surface area contributed by atoms with Gasteiger partial charge >= 0.3 is 12.1 Å². The lowest BCUT2D eigenvalue weighted by Gasteiger charge is -2.47. The van der Waals surface area contributed by atoms with Crippen LogP contribution in [-0.2, 0) is 19.4 Å². The Labute approximate surface area is 110 Å². The normalized spacial score (nSPS) is 26.7. The fraction of sp³-hybridized carbons (Fsp3) is 0.636. The maximum Gasteiger partial charge on any atom is 0.410 e. The van der Waals surface area contributed by atoms with E-state index >= 15 is 0 Å². The first-order valence-electron chi connectivity index (χ1n) is 5.82. The molecule has 0 aliphatic carbocycles. The van der Waals surface area contributed by atoms with Gasteiger partial charge in [0.1, 0.15) is 11.4 Å². The molecule has 2 fully saturated rings. The van der Waals surface area contributed by atoms with Gasteiger partial charge in [0, 0.05) is 13.1 Å². The molecule has 0 radical (unpaired) electrons. The van der Waals surface area contributed by atoms with Gasteiger partial charge in [-0.2, -0.15) is 0 Å². The van der Waals surface area contributed by atoms with E-state index in [2.05, 4.69) is 6.58 Å². The molecule has 7 nitrogen and oxygen atoms in total. The summed E-state index contributed by atoms with van der Waals surface area (Å²) in [7, 11) is -3.48. The molecule has 0 bridgehead atoms. The summed E-state index contributed by atoms with van der Waals surface area (Å²) in [5.41, 5.74) is 0. The van der Waals surface area contributed by atoms with Gasteiger partial charge in [-0.3, -0.25) is 4.79 Å². The first-order valence-corrected chi connectivity index (χ1v) is 7.47.